The van der Waals surface area contributed by atoms with Crippen LogP contribution in [-0.2, 0) is 9.59 Å². The highest BCUT2D eigenvalue weighted by Gasteiger charge is 2.48. The molecule has 1 aliphatic heterocycles. The first-order valence-corrected chi connectivity index (χ1v) is 10.6. The summed E-state index contributed by atoms with van der Waals surface area (Å²) in [6.07, 6.45) is 0. The zero-order valence-corrected chi connectivity index (χ0v) is 18.2. The topological polar surface area (TPSA) is 82.6 Å². The predicted molar refractivity (Wildman–Crippen MR) is 127 cm³/mol. The standard InChI is InChI=1S/C27H22N2O4/c1-16-22(20-10-6-7-11-21(20)28-16)24-23(25(30)17-8-4-3-5-9-17)26(31)27(32)29(24)18-12-14-19(33-2)15-13-18/h3-15,24,28,30H,1-2H3/b25-23+. The second-order valence-corrected chi connectivity index (χ2v) is 7.94. The van der Waals surface area contributed by atoms with Crippen LogP contribution in [0.25, 0.3) is 16.7 Å². The first-order chi connectivity index (χ1) is 16.0. The van der Waals surface area contributed by atoms with Crippen LogP contribution in [0.3, 0.4) is 0 Å². The lowest BCUT2D eigenvalue weighted by molar-refractivity contribution is -0.132. The molecule has 2 N–H and O–H groups in total. The lowest BCUT2D eigenvalue weighted by Gasteiger charge is -2.26. The molecule has 164 valence electrons. The minimum absolute atomic E-state index is 0.0647. The van der Waals surface area contributed by atoms with E-state index in [1.807, 2.05) is 37.3 Å². The quantitative estimate of drug-likeness (QED) is 0.263. The van der Waals surface area contributed by atoms with Crippen LogP contribution in [0.5, 0.6) is 5.75 Å². The van der Waals surface area contributed by atoms with E-state index >= 15 is 0 Å². The number of hydrogen-bond donors (Lipinski definition) is 2. The predicted octanol–water partition coefficient (Wildman–Crippen LogP) is 5.11. The monoisotopic (exact) mass is 438 g/mol. The van der Waals surface area contributed by atoms with E-state index in [4.69, 9.17) is 4.74 Å². The fourth-order valence-corrected chi connectivity index (χ4v) is 4.52. The van der Waals surface area contributed by atoms with Gasteiger partial charge in [-0.15, -0.1) is 0 Å². The Morgan fingerprint density at radius 1 is 0.939 bits per heavy atom. The van der Waals surface area contributed by atoms with Crippen LogP contribution >= 0.6 is 0 Å². The highest BCUT2D eigenvalue weighted by molar-refractivity contribution is 6.52. The molecule has 0 saturated carbocycles. The number of anilines is 1. The van der Waals surface area contributed by atoms with E-state index in [0.29, 0.717) is 17.0 Å². The van der Waals surface area contributed by atoms with E-state index in [2.05, 4.69) is 4.98 Å². The van der Waals surface area contributed by atoms with Gasteiger partial charge in [-0.05, 0) is 37.3 Å². The number of methoxy groups -OCH3 is 1. The van der Waals surface area contributed by atoms with Crippen molar-refractivity contribution in [1.29, 1.82) is 0 Å². The summed E-state index contributed by atoms with van der Waals surface area (Å²) < 4.78 is 5.25. The summed E-state index contributed by atoms with van der Waals surface area (Å²) in [5.74, 6) is -0.965. The number of ether oxygens (including phenoxy) is 1. The maximum Gasteiger partial charge on any atom is 0.300 e. The number of aliphatic hydroxyl groups excluding tert-OH is 1. The molecule has 1 aromatic heterocycles. The van der Waals surface area contributed by atoms with Crippen LogP contribution in [0, 0.1) is 6.92 Å². The first-order valence-electron chi connectivity index (χ1n) is 10.6. The number of nitrogens with zero attached hydrogens (tertiary/aromatic N) is 1. The summed E-state index contributed by atoms with van der Waals surface area (Å²) in [5.41, 5.74) is 3.57. The zero-order valence-electron chi connectivity index (χ0n) is 18.2. The Kier molecular flexibility index (Phi) is 4.98. The number of rotatable bonds is 4. The molecule has 0 spiro atoms. The highest BCUT2D eigenvalue weighted by atomic mass is 16.5. The van der Waals surface area contributed by atoms with Gasteiger partial charge in [-0.2, -0.15) is 0 Å². The van der Waals surface area contributed by atoms with E-state index in [-0.39, 0.29) is 11.3 Å². The van der Waals surface area contributed by atoms with Crippen molar-refractivity contribution in [2.75, 3.05) is 12.0 Å². The average Bonchev–Trinajstić information content (AvgIpc) is 3.31. The Hall–Kier alpha value is -4.32. The van der Waals surface area contributed by atoms with Gasteiger partial charge in [0.25, 0.3) is 11.7 Å². The third-order valence-electron chi connectivity index (χ3n) is 6.06. The summed E-state index contributed by atoms with van der Waals surface area (Å²) in [5, 5.41) is 12.1. The van der Waals surface area contributed by atoms with Crippen LogP contribution in [-0.4, -0.2) is 28.9 Å². The summed E-state index contributed by atoms with van der Waals surface area (Å²) in [6.45, 7) is 1.91. The number of carbonyl (C=O) groups is 2. The summed E-state index contributed by atoms with van der Waals surface area (Å²) >= 11 is 0. The fraction of sp³-hybridized carbons (Fsp3) is 0.111. The van der Waals surface area contributed by atoms with Crippen molar-refractivity contribution in [3.63, 3.8) is 0 Å². The van der Waals surface area contributed by atoms with E-state index in [1.54, 1.807) is 55.6 Å². The molecule has 1 fully saturated rings. The lowest BCUT2D eigenvalue weighted by atomic mass is 9.93. The minimum Gasteiger partial charge on any atom is -0.507 e. The number of nitrogens with one attached hydrogen (secondary N) is 1. The number of hydrogen-bond acceptors (Lipinski definition) is 4. The van der Waals surface area contributed by atoms with Crippen LogP contribution in [0.2, 0.25) is 0 Å². The van der Waals surface area contributed by atoms with E-state index < -0.39 is 17.7 Å². The Labute approximate surface area is 190 Å². The molecule has 1 atom stereocenters. The van der Waals surface area contributed by atoms with Crippen molar-refractivity contribution >= 4 is 34.0 Å². The largest absolute Gasteiger partial charge is 0.507 e. The second kappa shape index (κ2) is 7.98. The van der Waals surface area contributed by atoms with Gasteiger partial charge in [-0.25, -0.2) is 0 Å². The number of benzene rings is 3. The van der Waals surface area contributed by atoms with Crippen molar-refractivity contribution in [3.05, 3.63) is 101 Å². The van der Waals surface area contributed by atoms with Gasteiger partial charge in [0.2, 0.25) is 0 Å². The zero-order chi connectivity index (χ0) is 23.1. The molecule has 5 rings (SSSR count). The van der Waals surface area contributed by atoms with Gasteiger partial charge in [0.15, 0.2) is 0 Å². The Balaban J connectivity index is 1.80. The fourth-order valence-electron chi connectivity index (χ4n) is 4.52. The van der Waals surface area contributed by atoms with Crippen LogP contribution in [0.1, 0.15) is 22.9 Å². The Morgan fingerprint density at radius 3 is 2.30 bits per heavy atom. The molecule has 1 unspecified atom stereocenters. The molecule has 6 heteroatoms. The summed E-state index contributed by atoms with van der Waals surface area (Å²) in [7, 11) is 1.57. The molecule has 6 nitrogen and oxygen atoms in total. The van der Waals surface area contributed by atoms with Crippen LogP contribution in [0.4, 0.5) is 5.69 Å². The number of para-hydroxylation sites is 1. The molecule has 0 radical (unpaired) electrons. The van der Waals surface area contributed by atoms with Gasteiger partial charge in [-0.1, -0.05) is 48.5 Å². The Bertz CT molecular complexity index is 1400. The number of carbonyl (C=O) groups excluding carboxylic acids is 2. The smallest absolute Gasteiger partial charge is 0.300 e. The third kappa shape index (κ3) is 3.27. The molecule has 0 bridgehead atoms. The molecular weight excluding hydrogens is 416 g/mol. The molecule has 4 aromatic rings. The van der Waals surface area contributed by atoms with E-state index in [1.165, 1.54) is 4.90 Å². The van der Waals surface area contributed by atoms with Crippen LogP contribution < -0.4 is 9.64 Å². The third-order valence-corrected chi connectivity index (χ3v) is 6.06. The Morgan fingerprint density at radius 2 is 1.61 bits per heavy atom. The number of aryl methyl sites for hydroxylation is 1. The van der Waals surface area contributed by atoms with Crippen molar-refractivity contribution in [2.24, 2.45) is 0 Å². The number of H-pyrrole nitrogens is 1. The second-order valence-electron chi connectivity index (χ2n) is 7.94. The van der Waals surface area contributed by atoms with Crippen molar-refractivity contribution < 1.29 is 19.4 Å². The van der Waals surface area contributed by atoms with Gasteiger partial charge >= 0.3 is 0 Å². The van der Waals surface area contributed by atoms with Crippen LogP contribution in [0.15, 0.2) is 84.4 Å². The summed E-state index contributed by atoms with van der Waals surface area (Å²) in [6, 6.07) is 22.7. The molecule has 1 amide bonds. The molecule has 1 aliphatic rings. The van der Waals surface area contributed by atoms with Gasteiger partial charge in [0, 0.05) is 33.4 Å². The molecular formula is C27H22N2O4. The SMILES string of the molecule is COc1ccc(N2C(=O)C(=O)/C(=C(/O)c3ccccc3)C2c2c(C)[nH]c3ccccc23)cc1. The average molecular weight is 438 g/mol. The number of ketones is 1. The number of Topliss-reactive ketones (excluding diaryl/α,β-unsaturated/α-hetero) is 1. The summed E-state index contributed by atoms with van der Waals surface area (Å²) in [4.78, 5) is 31.5. The van der Waals surface area contributed by atoms with Gasteiger partial charge in [0.05, 0.1) is 18.7 Å². The van der Waals surface area contributed by atoms with Gasteiger partial charge in [0.1, 0.15) is 11.5 Å². The number of fused-ring (bicyclic) bond motifs is 1. The van der Waals surface area contributed by atoms with Crippen molar-refractivity contribution in [3.8, 4) is 5.75 Å². The van der Waals surface area contributed by atoms with E-state index in [0.717, 1.165) is 22.2 Å². The van der Waals surface area contributed by atoms with Crippen molar-refractivity contribution in [2.45, 2.75) is 13.0 Å². The number of aliphatic hydroxyl groups is 1. The maximum atomic E-state index is 13.3. The normalized spacial score (nSPS) is 17.6. The number of aromatic amines is 1. The van der Waals surface area contributed by atoms with Gasteiger partial charge < -0.3 is 14.8 Å². The molecule has 2 heterocycles. The lowest BCUT2D eigenvalue weighted by Crippen LogP contribution is -2.29. The maximum absolute atomic E-state index is 13.3. The number of amides is 1. The molecule has 0 aliphatic carbocycles. The minimum atomic E-state index is -0.797. The number of aromatic nitrogens is 1. The van der Waals surface area contributed by atoms with Gasteiger partial charge in [-0.3, -0.25) is 14.5 Å². The van der Waals surface area contributed by atoms with Crippen molar-refractivity contribution in [1.82, 2.24) is 4.98 Å². The highest BCUT2D eigenvalue weighted by Crippen LogP contribution is 2.45. The molecule has 1 saturated heterocycles. The first kappa shape index (κ1) is 20.6. The molecule has 33 heavy (non-hydrogen) atoms. The van der Waals surface area contributed by atoms with E-state index in [9.17, 15) is 14.7 Å². The molecule has 3 aromatic carbocycles.